The van der Waals surface area contributed by atoms with Gasteiger partial charge in [-0.05, 0) is 29.0 Å². The molecule has 3 rings (SSSR count). The molecule has 21 heavy (non-hydrogen) atoms. The zero-order valence-electron chi connectivity index (χ0n) is 11.4. The fourth-order valence-corrected chi connectivity index (χ4v) is 3.41. The molecule has 6 nitrogen and oxygen atoms in total. The largest absolute Gasteiger partial charge is 0.480 e. The van der Waals surface area contributed by atoms with Crippen molar-refractivity contribution in [2.45, 2.75) is 18.8 Å². The Kier molecular flexibility index (Phi) is 4.01. The molecule has 0 saturated carbocycles. The van der Waals surface area contributed by atoms with Crippen LogP contribution in [0.3, 0.4) is 0 Å². The minimum absolute atomic E-state index is 0.0384. The predicted molar refractivity (Wildman–Crippen MR) is 84.7 cm³/mol. The summed E-state index contributed by atoms with van der Waals surface area (Å²) < 4.78 is 14.0. The highest BCUT2D eigenvalue weighted by atomic mass is 127. The molecule has 1 aliphatic rings. The van der Waals surface area contributed by atoms with E-state index in [4.69, 9.17) is 15.9 Å². The quantitative estimate of drug-likeness (QED) is 0.627. The number of aliphatic hydroxyl groups excluding tert-OH is 1. The highest BCUT2D eigenvalue weighted by molar-refractivity contribution is 14.1. The summed E-state index contributed by atoms with van der Waals surface area (Å²) in [7, 11) is 1.58. The molecule has 3 atom stereocenters. The Morgan fingerprint density at radius 1 is 1.62 bits per heavy atom. The van der Waals surface area contributed by atoms with Gasteiger partial charge in [-0.25, -0.2) is 9.97 Å². The molecule has 1 N–H and O–H groups in total. The number of ether oxygens (including phenoxy) is 2. The van der Waals surface area contributed by atoms with Crippen molar-refractivity contribution >= 4 is 33.6 Å². The lowest BCUT2D eigenvalue weighted by atomic mass is 10.0. The van der Waals surface area contributed by atoms with E-state index < -0.39 is 0 Å². The lowest BCUT2D eigenvalue weighted by molar-refractivity contribution is -0.0260. The molecule has 0 unspecified atom stereocenters. The zero-order valence-corrected chi connectivity index (χ0v) is 13.5. The Morgan fingerprint density at radius 3 is 3.10 bits per heavy atom. The van der Waals surface area contributed by atoms with Gasteiger partial charge in [0.2, 0.25) is 5.88 Å². The van der Waals surface area contributed by atoms with Crippen molar-refractivity contribution in [3.63, 3.8) is 0 Å². The third kappa shape index (κ3) is 2.37. The van der Waals surface area contributed by atoms with E-state index in [1.807, 2.05) is 10.8 Å². The average molecular weight is 399 g/mol. The highest BCUT2D eigenvalue weighted by Gasteiger charge is 2.36. The lowest BCUT2D eigenvalue weighted by Gasteiger charge is -2.17. The van der Waals surface area contributed by atoms with Crippen molar-refractivity contribution in [1.82, 2.24) is 14.5 Å². The number of terminal acetylenes is 1. The van der Waals surface area contributed by atoms with E-state index in [9.17, 15) is 5.11 Å². The normalized spacial score (nSPS) is 25.1. The molecule has 1 aliphatic heterocycles. The standard InChI is InChI=1S/C14H14IN3O3/c1-3-8-4-9(6-19)21-14(8)18-5-10(15)11-12(18)16-7-17-13(11)20-2/h1,5,7-9,14,19H,4,6H2,2H3/t8-,9-,14+/m0/s1. The Balaban J connectivity index is 2.11. The van der Waals surface area contributed by atoms with Gasteiger partial charge in [-0.15, -0.1) is 6.42 Å². The molecule has 0 radical (unpaired) electrons. The van der Waals surface area contributed by atoms with Crippen LogP contribution in [0.5, 0.6) is 5.88 Å². The average Bonchev–Trinajstić information content (AvgIpc) is 3.08. The first-order valence-electron chi connectivity index (χ1n) is 6.47. The van der Waals surface area contributed by atoms with E-state index in [0.717, 1.165) is 14.6 Å². The summed E-state index contributed by atoms with van der Waals surface area (Å²) in [6.45, 7) is -0.0384. The molecule has 0 aliphatic carbocycles. The summed E-state index contributed by atoms with van der Waals surface area (Å²) in [4.78, 5) is 8.45. The molecule has 0 amide bonds. The van der Waals surface area contributed by atoms with Crippen LogP contribution in [-0.2, 0) is 4.74 Å². The molecule has 0 bridgehead atoms. The first-order valence-corrected chi connectivity index (χ1v) is 7.55. The molecule has 110 valence electrons. The van der Waals surface area contributed by atoms with Gasteiger partial charge in [0.15, 0.2) is 0 Å². The van der Waals surface area contributed by atoms with Crippen molar-refractivity contribution < 1.29 is 14.6 Å². The summed E-state index contributed by atoms with van der Waals surface area (Å²) >= 11 is 2.21. The number of aromatic nitrogens is 3. The summed E-state index contributed by atoms with van der Waals surface area (Å²) in [6.07, 6.45) is 9.04. The van der Waals surface area contributed by atoms with E-state index in [0.29, 0.717) is 12.3 Å². The van der Waals surface area contributed by atoms with Gasteiger partial charge in [-0.1, -0.05) is 5.92 Å². The first-order chi connectivity index (χ1) is 10.2. The third-order valence-corrected chi connectivity index (χ3v) is 4.42. The third-order valence-electron chi connectivity index (χ3n) is 3.61. The number of nitrogens with zero attached hydrogens (tertiary/aromatic N) is 3. The summed E-state index contributed by atoms with van der Waals surface area (Å²) in [6, 6.07) is 0. The maximum Gasteiger partial charge on any atom is 0.226 e. The minimum atomic E-state index is -0.335. The Labute approximate surface area is 135 Å². The van der Waals surface area contributed by atoms with Gasteiger partial charge in [0.25, 0.3) is 0 Å². The maximum absolute atomic E-state index is 9.29. The van der Waals surface area contributed by atoms with Gasteiger partial charge in [-0.3, -0.25) is 0 Å². The topological polar surface area (TPSA) is 69.4 Å². The Bertz CT molecular complexity index is 709. The molecule has 1 fully saturated rings. The van der Waals surface area contributed by atoms with E-state index >= 15 is 0 Å². The summed E-state index contributed by atoms with van der Waals surface area (Å²) in [5, 5.41) is 10.1. The number of rotatable bonds is 3. The molecule has 2 aromatic heterocycles. The van der Waals surface area contributed by atoms with E-state index in [1.54, 1.807) is 7.11 Å². The Hall–Kier alpha value is -1.37. The van der Waals surface area contributed by atoms with E-state index in [-0.39, 0.29) is 24.9 Å². The van der Waals surface area contributed by atoms with Crippen LogP contribution in [0.1, 0.15) is 12.6 Å². The summed E-state index contributed by atoms with van der Waals surface area (Å²) in [5.74, 6) is 3.17. The van der Waals surface area contributed by atoms with Gasteiger partial charge in [-0.2, -0.15) is 0 Å². The van der Waals surface area contributed by atoms with Crippen LogP contribution in [0.25, 0.3) is 11.0 Å². The number of aliphatic hydroxyl groups is 1. The van der Waals surface area contributed by atoms with Crippen molar-refractivity contribution in [2.75, 3.05) is 13.7 Å². The molecule has 3 heterocycles. The van der Waals surface area contributed by atoms with Gasteiger partial charge in [0.1, 0.15) is 18.2 Å². The van der Waals surface area contributed by atoms with Crippen LogP contribution in [0.15, 0.2) is 12.5 Å². The van der Waals surface area contributed by atoms with Crippen molar-refractivity contribution in [2.24, 2.45) is 5.92 Å². The van der Waals surface area contributed by atoms with Crippen LogP contribution in [-0.4, -0.2) is 39.5 Å². The minimum Gasteiger partial charge on any atom is -0.480 e. The van der Waals surface area contributed by atoms with E-state index in [2.05, 4.69) is 38.5 Å². The highest BCUT2D eigenvalue weighted by Crippen LogP contribution is 2.38. The zero-order chi connectivity index (χ0) is 15.0. The van der Waals surface area contributed by atoms with Crippen LogP contribution >= 0.6 is 22.6 Å². The molecular weight excluding hydrogens is 385 g/mol. The summed E-state index contributed by atoms with van der Waals surface area (Å²) in [5.41, 5.74) is 0.718. The molecule has 7 heteroatoms. The number of halogens is 1. The fourth-order valence-electron chi connectivity index (χ4n) is 2.64. The first kappa shape index (κ1) is 14.6. The van der Waals surface area contributed by atoms with Gasteiger partial charge in [0, 0.05) is 9.77 Å². The molecule has 1 saturated heterocycles. The van der Waals surface area contributed by atoms with Crippen LogP contribution < -0.4 is 4.74 Å². The molecular formula is C14H14IN3O3. The number of methoxy groups -OCH3 is 1. The lowest BCUT2D eigenvalue weighted by Crippen LogP contribution is -2.15. The predicted octanol–water partition coefficient (Wildman–Crippen LogP) is 1.57. The molecule has 2 aromatic rings. The second-order valence-electron chi connectivity index (χ2n) is 4.81. The van der Waals surface area contributed by atoms with Crippen LogP contribution in [0.4, 0.5) is 0 Å². The maximum atomic E-state index is 9.29. The fraction of sp³-hybridized carbons (Fsp3) is 0.429. The van der Waals surface area contributed by atoms with Crippen molar-refractivity contribution in [3.05, 3.63) is 16.1 Å². The molecule has 0 spiro atoms. The van der Waals surface area contributed by atoms with Crippen LogP contribution in [0, 0.1) is 21.8 Å². The smallest absolute Gasteiger partial charge is 0.226 e. The second kappa shape index (κ2) is 5.79. The number of fused-ring (bicyclic) bond motifs is 1. The molecule has 0 aromatic carbocycles. The van der Waals surface area contributed by atoms with Gasteiger partial charge >= 0.3 is 0 Å². The van der Waals surface area contributed by atoms with E-state index in [1.165, 1.54) is 6.33 Å². The SMILES string of the molecule is C#C[C@H]1C[C@@H](CO)O[C@H]1n1cc(I)c2c(OC)ncnc21. The Morgan fingerprint density at radius 2 is 2.43 bits per heavy atom. The second-order valence-corrected chi connectivity index (χ2v) is 5.97. The van der Waals surface area contributed by atoms with Crippen molar-refractivity contribution in [3.8, 4) is 18.2 Å². The van der Waals surface area contributed by atoms with Gasteiger partial charge in [0.05, 0.1) is 31.1 Å². The van der Waals surface area contributed by atoms with Gasteiger partial charge < -0.3 is 19.1 Å². The van der Waals surface area contributed by atoms with Crippen molar-refractivity contribution in [1.29, 1.82) is 0 Å². The number of hydrogen-bond donors (Lipinski definition) is 1. The number of hydrogen-bond acceptors (Lipinski definition) is 5. The van der Waals surface area contributed by atoms with Crippen LogP contribution in [0.2, 0.25) is 0 Å². The monoisotopic (exact) mass is 399 g/mol.